The number of aromatic hydroxyl groups is 1. The molecule has 1 aliphatic heterocycles. The molecular weight excluding hydrogens is 440 g/mol. The highest BCUT2D eigenvalue weighted by atomic mass is 35.5. The van der Waals surface area contributed by atoms with Crippen LogP contribution < -0.4 is 4.74 Å². The van der Waals surface area contributed by atoms with Crippen molar-refractivity contribution in [3.63, 3.8) is 0 Å². The lowest BCUT2D eigenvalue weighted by Gasteiger charge is -2.26. The Morgan fingerprint density at radius 1 is 1.18 bits per heavy atom. The van der Waals surface area contributed by atoms with Gasteiger partial charge in [-0.3, -0.25) is 14.9 Å². The molecule has 8 heteroatoms. The maximum atomic E-state index is 13.5. The van der Waals surface area contributed by atoms with Crippen molar-refractivity contribution in [2.45, 2.75) is 19.5 Å². The molecule has 2 N–H and O–H groups in total. The Bertz CT molecular complexity index is 1320. The zero-order chi connectivity index (χ0) is 22.9. The van der Waals surface area contributed by atoms with Gasteiger partial charge in [-0.1, -0.05) is 29.8 Å². The van der Waals surface area contributed by atoms with Crippen LogP contribution in [-0.4, -0.2) is 37.7 Å². The molecule has 0 fully saturated rings. The lowest BCUT2D eigenvalue weighted by atomic mass is 9.95. The van der Waals surface area contributed by atoms with Gasteiger partial charge in [0.15, 0.2) is 0 Å². The molecule has 166 valence electrons. The number of rotatable bonds is 6. The second-order valence-corrected chi connectivity index (χ2v) is 8.16. The number of carbonyl (C=O) groups excluding carboxylic acids is 1. The summed E-state index contributed by atoms with van der Waals surface area (Å²) in [5.74, 6) is 0.572. The number of nitrogens with one attached hydrogen (secondary N) is 1. The maximum absolute atomic E-state index is 13.5. The van der Waals surface area contributed by atoms with Crippen LogP contribution in [0.15, 0.2) is 67.0 Å². The van der Waals surface area contributed by atoms with Gasteiger partial charge in [0.2, 0.25) is 0 Å². The van der Waals surface area contributed by atoms with Crippen molar-refractivity contribution in [3.8, 4) is 22.8 Å². The first-order valence-corrected chi connectivity index (χ1v) is 10.9. The van der Waals surface area contributed by atoms with E-state index in [-0.39, 0.29) is 11.7 Å². The maximum Gasteiger partial charge on any atom is 0.273 e. The van der Waals surface area contributed by atoms with Crippen LogP contribution in [-0.2, 0) is 6.54 Å². The van der Waals surface area contributed by atoms with Gasteiger partial charge in [0, 0.05) is 35.1 Å². The molecule has 7 nitrogen and oxygen atoms in total. The van der Waals surface area contributed by atoms with E-state index >= 15 is 0 Å². The fourth-order valence-corrected chi connectivity index (χ4v) is 4.41. The third-order valence-corrected chi connectivity index (χ3v) is 5.87. The van der Waals surface area contributed by atoms with Gasteiger partial charge >= 0.3 is 0 Å². The lowest BCUT2D eigenvalue weighted by Crippen LogP contribution is -2.29. The van der Waals surface area contributed by atoms with E-state index in [1.165, 1.54) is 6.07 Å². The molecule has 0 spiro atoms. The molecule has 1 aliphatic rings. The number of carbonyl (C=O) groups is 1. The number of benzene rings is 2. The van der Waals surface area contributed by atoms with Crippen LogP contribution in [0.3, 0.4) is 0 Å². The number of pyridine rings is 1. The second-order valence-electron chi connectivity index (χ2n) is 7.72. The van der Waals surface area contributed by atoms with Crippen LogP contribution in [0.25, 0.3) is 11.3 Å². The number of amides is 1. The van der Waals surface area contributed by atoms with Crippen molar-refractivity contribution < 1.29 is 14.6 Å². The minimum absolute atomic E-state index is 0.0358. The van der Waals surface area contributed by atoms with Crippen LogP contribution in [0, 0.1) is 0 Å². The van der Waals surface area contributed by atoms with Crippen LogP contribution in [0.4, 0.5) is 0 Å². The van der Waals surface area contributed by atoms with Gasteiger partial charge in [-0.25, -0.2) is 0 Å². The molecule has 1 unspecified atom stereocenters. The smallest absolute Gasteiger partial charge is 0.273 e. The predicted octanol–water partition coefficient (Wildman–Crippen LogP) is 4.97. The number of phenolic OH excluding ortho intramolecular Hbond substituents is 1. The Morgan fingerprint density at radius 3 is 2.85 bits per heavy atom. The number of halogens is 1. The third kappa shape index (κ3) is 3.81. The highest BCUT2D eigenvalue weighted by Crippen LogP contribution is 2.45. The summed E-state index contributed by atoms with van der Waals surface area (Å²) in [5.41, 5.74) is 3.80. The Hall–Kier alpha value is -3.84. The minimum atomic E-state index is -0.444. The van der Waals surface area contributed by atoms with Gasteiger partial charge in [0.25, 0.3) is 5.91 Å². The van der Waals surface area contributed by atoms with E-state index in [0.717, 1.165) is 11.1 Å². The summed E-state index contributed by atoms with van der Waals surface area (Å²) in [6, 6.07) is 15.8. The Morgan fingerprint density at radius 2 is 2.06 bits per heavy atom. The van der Waals surface area contributed by atoms with E-state index in [1.54, 1.807) is 29.4 Å². The molecule has 0 aliphatic carbocycles. The average Bonchev–Trinajstić information content (AvgIpc) is 3.36. The van der Waals surface area contributed by atoms with E-state index in [1.807, 2.05) is 43.3 Å². The zero-order valence-corrected chi connectivity index (χ0v) is 18.6. The van der Waals surface area contributed by atoms with Crippen molar-refractivity contribution in [1.82, 2.24) is 20.1 Å². The summed E-state index contributed by atoms with van der Waals surface area (Å²) >= 11 is 6.21. The highest BCUT2D eigenvalue weighted by Gasteiger charge is 2.42. The van der Waals surface area contributed by atoms with E-state index in [9.17, 15) is 9.90 Å². The first kappa shape index (κ1) is 21.0. The van der Waals surface area contributed by atoms with E-state index in [4.69, 9.17) is 16.3 Å². The molecule has 0 radical (unpaired) electrons. The Balaban J connectivity index is 1.67. The molecular formula is C25H21ClN4O3. The second kappa shape index (κ2) is 8.60. The van der Waals surface area contributed by atoms with Crippen molar-refractivity contribution in [2.75, 3.05) is 6.61 Å². The highest BCUT2D eigenvalue weighted by molar-refractivity contribution is 6.31. The molecule has 4 aromatic rings. The SMILES string of the molecule is CCOc1cccc(C2c3c(-c4cc(Cl)ccc4O)n[nH]c3C(=O)N2Cc2cccnc2)c1. The molecule has 1 atom stereocenters. The Kier molecular flexibility index (Phi) is 5.48. The molecule has 0 bridgehead atoms. The number of H-pyrrole nitrogens is 1. The monoisotopic (exact) mass is 460 g/mol. The van der Waals surface area contributed by atoms with Gasteiger partial charge < -0.3 is 14.7 Å². The molecule has 2 aromatic carbocycles. The number of hydrogen-bond acceptors (Lipinski definition) is 5. The number of phenols is 1. The van der Waals surface area contributed by atoms with Crippen LogP contribution >= 0.6 is 11.6 Å². The molecule has 0 saturated carbocycles. The summed E-state index contributed by atoms with van der Waals surface area (Å²) in [6.07, 6.45) is 3.44. The number of nitrogens with zero attached hydrogens (tertiary/aromatic N) is 3. The van der Waals surface area contributed by atoms with Crippen LogP contribution in [0.2, 0.25) is 5.02 Å². The first-order valence-electron chi connectivity index (χ1n) is 10.6. The largest absolute Gasteiger partial charge is 0.507 e. The molecule has 33 heavy (non-hydrogen) atoms. The average molecular weight is 461 g/mol. The van der Waals surface area contributed by atoms with E-state index in [0.29, 0.717) is 46.4 Å². The number of aromatic amines is 1. The van der Waals surface area contributed by atoms with Gasteiger partial charge in [0.1, 0.15) is 22.9 Å². The quantitative estimate of drug-likeness (QED) is 0.423. The number of aromatic nitrogens is 3. The summed E-state index contributed by atoms with van der Waals surface area (Å²) in [4.78, 5) is 19.5. The number of fused-ring (bicyclic) bond motifs is 1. The van der Waals surface area contributed by atoms with Gasteiger partial charge in [0.05, 0.1) is 12.6 Å². The standard InChI is InChI=1S/C25H21ClN4O3/c1-2-33-18-7-3-6-16(11-18)24-21-22(19-12-17(26)8-9-20(19)31)28-29-23(21)25(32)30(24)14-15-5-4-10-27-13-15/h3-13,24,31H,2,14H2,1H3,(H,28,29). The van der Waals surface area contributed by atoms with Crippen molar-refractivity contribution in [1.29, 1.82) is 0 Å². The predicted molar refractivity (Wildman–Crippen MR) is 124 cm³/mol. The molecule has 3 heterocycles. The first-order chi connectivity index (χ1) is 16.1. The third-order valence-electron chi connectivity index (χ3n) is 5.64. The van der Waals surface area contributed by atoms with E-state index < -0.39 is 6.04 Å². The van der Waals surface area contributed by atoms with E-state index in [2.05, 4.69) is 15.2 Å². The molecule has 0 saturated heterocycles. The van der Waals surface area contributed by atoms with Crippen LogP contribution in [0.5, 0.6) is 11.5 Å². The van der Waals surface area contributed by atoms with Gasteiger partial charge in [-0.15, -0.1) is 0 Å². The van der Waals surface area contributed by atoms with Crippen molar-refractivity contribution in [2.24, 2.45) is 0 Å². The van der Waals surface area contributed by atoms with Crippen molar-refractivity contribution in [3.05, 3.63) is 94.4 Å². The molecule has 5 rings (SSSR count). The topological polar surface area (TPSA) is 91.3 Å². The zero-order valence-electron chi connectivity index (χ0n) is 17.8. The summed E-state index contributed by atoms with van der Waals surface area (Å²) in [7, 11) is 0. The van der Waals surface area contributed by atoms with Gasteiger partial charge in [-0.05, 0) is 54.4 Å². The van der Waals surface area contributed by atoms with Crippen LogP contribution in [0.1, 0.15) is 40.1 Å². The fourth-order valence-electron chi connectivity index (χ4n) is 4.24. The molecule has 2 aromatic heterocycles. The molecule has 1 amide bonds. The minimum Gasteiger partial charge on any atom is -0.507 e. The number of ether oxygens (including phenoxy) is 1. The van der Waals surface area contributed by atoms with Gasteiger partial charge in [-0.2, -0.15) is 5.10 Å². The lowest BCUT2D eigenvalue weighted by molar-refractivity contribution is 0.0729. The van der Waals surface area contributed by atoms with Crippen molar-refractivity contribution >= 4 is 17.5 Å². The normalized spacial score (nSPS) is 15.0. The fraction of sp³-hybridized carbons (Fsp3) is 0.160. The summed E-state index contributed by atoms with van der Waals surface area (Å²) in [6.45, 7) is 2.82. The Labute approximate surface area is 195 Å². The summed E-state index contributed by atoms with van der Waals surface area (Å²) in [5, 5.41) is 18.3. The number of hydrogen-bond donors (Lipinski definition) is 2. The summed E-state index contributed by atoms with van der Waals surface area (Å²) < 4.78 is 5.71.